The van der Waals surface area contributed by atoms with Crippen molar-refractivity contribution in [3.8, 4) is 0 Å². The maximum atomic E-state index is 12.4. The largest absolute Gasteiger partial charge is 0.481 e. The van der Waals surface area contributed by atoms with E-state index >= 15 is 0 Å². The molecule has 1 aromatic rings. The van der Waals surface area contributed by atoms with Crippen LogP contribution < -0.4 is 10.6 Å². The molecule has 5 nitrogen and oxygen atoms in total. The van der Waals surface area contributed by atoms with Gasteiger partial charge < -0.3 is 15.7 Å². The molecule has 1 aliphatic carbocycles. The predicted molar refractivity (Wildman–Crippen MR) is 96.8 cm³/mol. The second-order valence-corrected chi connectivity index (χ2v) is 7.44. The Balaban J connectivity index is 1.49. The first-order chi connectivity index (χ1) is 12.1. The third kappa shape index (κ3) is 5.05. The average Bonchev–Trinajstić information content (AvgIpc) is 2.64. The fourth-order valence-electron chi connectivity index (χ4n) is 4.09. The molecule has 0 bridgehead atoms. The standard InChI is InChI=1S/C20H28N2O3/c23-19(24)13-14-1-7-18(8-2-14)22-20(25)17-5-3-15(4-6-17)16-9-11-21-12-10-16/h3-6,14,16,18,21H,1-2,7-13H2,(H,22,25)(H,23,24). The van der Waals surface area contributed by atoms with Gasteiger partial charge in [0.25, 0.3) is 5.91 Å². The Morgan fingerprint density at radius 2 is 1.64 bits per heavy atom. The first-order valence-electron chi connectivity index (χ1n) is 9.45. The number of carboxylic acids is 1. The minimum Gasteiger partial charge on any atom is -0.481 e. The smallest absolute Gasteiger partial charge is 0.303 e. The lowest BCUT2D eigenvalue weighted by Crippen LogP contribution is -2.37. The Kier molecular flexibility index (Phi) is 6.08. The Morgan fingerprint density at radius 1 is 1.00 bits per heavy atom. The van der Waals surface area contributed by atoms with E-state index in [1.165, 1.54) is 5.56 Å². The molecule has 2 aliphatic rings. The molecule has 0 unspecified atom stereocenters. The van der Waals surface area contributed by atoms with Gasteiger partial charge in [0.05, 0.1) is 0 Å². The molecule has 1 aromatic carbocycles. The molecule has 1 aliphatic heterocycles. The van der Waals surface area contributed by atoms with Crippen molar-refractivity contribution in [3.05, 3.63) is 35.4 Å². The number of aliphatic carboxylic acids is 1. The van der Waals surface area contributed by atoms with Crippen LogP contribution >= 0.6 is 0 Å². The van der Waals surface area contributed by atoms with E-state index in [1.54, 1.807) is 0 Å². The number of hydrogen-bond donors (Lipinski definition) is 3. The van der Waals surface area contributed by atoms with Crippen molar-refractivity contribution in [3.63, 3.8) is 0 Å². The maximum Gasteiger partial charge on any atom is 0.303 e. The predicted octanol–water partition coefficient (Wildman–Crippen LogP) is 2.92. The van der Waals surface area contributed by atoms with E-state index < -0.39 is 5.97 Å². The van der Waals surface area contributed by atoms with Gasteiger partial charge in [0, 0.05) is 18.0 Å². The lowest BCUT2D eigenvalue weighted by atomic mass is 9.84. The Bertz CT molecular complexity index is 585. The van der Waals surface area contributed by atoms with Crippen molar-refractivity contribution in [2.45, 2.75) is 56.9 Å². The molecule has 0 atom stereocenters. The molecule has 3 rings (SSSR count). The molecule has 1 amide bonds. The molecule has 25 heavy (non-hydrogen) atoms. The van der Waals surface area contributed by atoms with Gasteiger partial charge in [-0.15, -0.1) is 0 Å². The highest BCUT2D eigenvalue weighted by atomic mass is 16.4. The molecule has 2 fully saturated rings. The summed E-state index contributed by atoms with van der Waals surface area (Å²) in [5.41, 5.74) is 2.04. The van der Waals surface area contributed by atoms with Crippen molar-refractivity contribution in [2.75, 3.05) is 13.1 Å². The van der Waals surface area contributed by atoms with E-state index in [9.17, 15) is 9.59 Å². The first kappa shape index (κ1) is 17.9. The van der Waals surface area contributed by atoms with E-state index in [0.717, 1.165) is 51.6 Å². The summed E-state index contributed by atoms with van der Waals surface area (Å²) in [6.07, 6.45) is 6.07. The van der Waals surface area contributed by atoms with Crippen LogP contribution in [0.1, 0.15) is 66.8 Å². The molecule has 5 heteroatoms. The Morgan fingerprint density at radius 3 is 2.24 bits per heavy atom. The molecular formula is C20H28N2O3. The summed E-state index contributed by atoms with van der Waals surface area (Å²) in [6, 6.07) is 8.22. The summed E-state index contributed by atoms with van der Waals surface area (Å²) in [5, 5.41) is 15.4. The molecule has 136 valence electrons. The molecule has 1 heterocycles. The van der Waals surface area contributed by atoms with Crippen LogP contribution in [-0.4, -0.2) is 36.1 Å². The lowest BCUT2D eigenvalue weighted by molar-refractivity contribution is -0.138. The van der Waals surface area contributed by atoms with E-state index in [1.807, 2.05) is 12.1 Å². The van der Waals surface area contributed by atoms with Crippen molar-refractivity contribution in [1.29, 1.82) is 0 Å². The van der Waals surface area contributed by atoms with Crippen LogP contribution in [-0.2, 0) is 4.79 Å². The molecule has 0 spiro atoms. The van der Waals surface area contributed by atoms with E-state index in [4.69, 9.17) is 5.11 Å². The zero-order valence-corrected chi connectivity index (χ0v) is 14.7. The number of nitrogens with one attached hydrogen (secondary N) is 2. The topological polar surface area (TPSA) is 78.4 Å². The first-order valence-corrected chi connectivity index (χ1v) is 9.45. The molecule has 1 saturated heterocycles. The van der Waals surface area contributed by atoms with Crippen LogP contribution in [0.15, 0.2) is 24.3 Å². The molecule has 0 aromatic heterocycles. The summed E-state index contributed by atoms with van der Waals surface area (Å²) in [6.45, 7) is 2.13. The SMILES string of the molecule is O=C(O)CC1CCC(NC(=O)c2ccc(C3CCNCC3)cc2)CC1. The van der Waals surface area contributed by atoms with Crippen LogP contribution in [0.5, 0.6) is 0 Å². The van der Waals surface area contributed by atoms with Crippen LogP contribution in [0.3, 0.4) is 0 Å². The van der Waals surface area contributed by atoms with Gasteiger partial charge >= 0.3 is 5.97 Å². The van der Waals surface area contributed by atoms with E-state index in [0.29, 0.717) is 11.5 Å². The minimum atomic E-state index is -0.721. The molecule has 0 radical (unpaired) electrons. The summed E-state index contributed by atoms with van der Waals surface area (Å²) >= 11 is 0. The second kappa shape index (κ2) is 8.48. The van der Waals surface area contributed by atoms with Crippen LogP contribution in [0.4, 0.5) is 0 Å². The third-order valence-corrected chi connectivity index (χ3v) is 5.63. The number of carboxylic acid groups (broad SMARTS) is 1. The summed E-state index contributed by atoms with van der Waals surface area (Å²) in [7, 11) is 0. The number of benzene rings is 1. The van der Waals surface area contributed by atoms with E-state index in [2.05, 4.69) is 22.8 Å². The van der Waals surface area contributed by atoms with Crippen LogP contribution in [0, 0.1) is 5.92 Å². The monoisotopic (exact) mass is 344 g/mol. The zero-order valence-electron chi connectivity index (χ0n) is 14.7. The highest BCUT2D eigenvalue weighted by Gasteiger charge is 2.24. The Labute approximate surface area is 149 Å². The number of carbonyl (C=O) groups excluding carboxylic acids is 1. The molecule has 1 saturated carbocycles. The highest BCUT2D eigenvalue weighted by molar-refractivity contribution is 5.94. The van der Waals surface area contributed by atoms with Crippen LogP contribution in [0.2, 0.25) is 0 Å². The molecular weight excluding hydrogens is 316 g/mol. The van der Waals surface area contributed by atoms with E-state index in [-0.39, 0.29) is 24.3 Å². The van der Waals surface area contributed by atoms with Crippen molar-refractivity contribution >= 4 is 11.9 Å². The number of piperidine rings is 1. The third-order valence-electron chi connectivity index (χ3n) is 5.63. The van der Waals surface area contributed by atoms with Gasteiger partial charge in [0.2, 0.25) is 0 Å². The fourth-order valence-corrected chi connectivity index (χ4v) is 4.09. The van der Waals surface area contributed by atoms with Gasteiger partial charge in [-0.05, 0) is 81.1 Å². The average molecular weight is 344 g/mol. The normalized spacial score (nSPS) is 24.6. The van der Waals surface area contributed by atoms with Crippen molar-refractivity contribution in [1.82, 2.24) is 10.6 Å². The summed E-state index contributed by atoms with van der Waals surface area (Å²) in [4.78, 5) is 23.2. The highest BCUT2D eigenvalue weighted by Crippen LogP contribution is 2.28. The maximum absolute atomic E-state index is 12.4. The minimum absolute atomic E-state index is 0.0152. The second-order valence-electron chi connectivity index (χ2n) is 7.44. The van der Waals surface area contributed by atoms with Crippen LogP contribution in [0.25, 0.3) is 0 Å². The number of hydrogen-bond acceptors (Lipinski definition) is 3. The lowest BCUT2D eigenvalue weighted by Gasteiger charge is -2.28. The van der Waals surface area contributed by atoms with Gasteiger partial charge in [-0.1, -0.05) is 12.1 Å². The summed E-state index contributed by atoms with van der Waals surface area (Å²) < 4.78 is 0. The number of carbonyl (C=O) groups is 2. The number of rotatable bonds is 5. The Hall–Kier alpha value is -1.88. The van der Waals surface area contributed by atoms with Gasteiger partial charge in [-0.2, -0.15) is 0 Å². The van der Waals surface area contributed by atoms with Gasteiger partial charge in [-0.3, -0.25) is 9.59 Å². The van der Waals surface area contributed by atoms with Gasteiger partial charge in [0.15, 0.2) is 0 Å². The van der Waals surface area contributed by atoms with Crippen molar-refractivity contribution in [2.24, 2.45) is 5.92 Å². The quantitative estimate of drug-likeness (QED) is 0.767. The fraction of sp³-hybridized carbons (Fsp3) is 0.600. The number of amides is 1. The van der Waals surface area contributed by atoms with Gasteiger partial charge in [-0.25, -0.2) is 0 Å². The van der Waals surface area contributed by atoms with Crippen molar-refractivity contribution < 1.29 is 14.7 Å². The zero-order chi connectivity index (χ0) is 17.6. The molecule has 3 N–H and O–H groups in total. The van der Waals surface area contributed by atoms with Gasteiger partial charge in [0.1, 0.15) is 0 Å². The summed E-state index contributed by atoms with van der Waals surface area (Å²) in [5.74, 6) is 0.123.